The Balaban J connectivity index is 2.71. The van der Waals surface area contributed by atoms with E-state index in [1.165, 1.54) is 0 Å². The van der Waals surface area contributed by atoms with Crippen LogP contribution in [0, 0.1) is 0 Å². The number of Topliss-reactive ketones (excluding diaryl/α,β-unsaturated/α-hetero) is 1. The van der Waals surface area contributed by atoms with Crippen molar-refractivity contribution in [1.29, 1.82) is 0 Å². The highest BCUT2D eigenvalue weighted by atomic mass is 16.3. The van der Waals surface area contributed by atoms with Gasteiger partial charge in [-0.1, -0.05) is 6.92 Å². The van der Waals surface area contributed by atoms with Crippen molar-refractivity contribution in [3.63, 3.8) is 0 Å². The molecule has 0 aliphatic heterocycles. The number of hydrogen-bond donors (Lipinski definition) is 1. The van der Waals surface area contributed by atoms with Crippen LogP contribution in [0.3, 0.4) is 0 Å². The van der Waals surface area contributed by atoms with Crippen molar-refractivity contribution in [3.8, 4) is 0 Å². The summed E-state index contributed by atoms with van der Waals surface area (Å²) in [5.74, 6) is 0.432. The molecular weight excluding hydrogens is 128 g/mol. The van der Waals surface area contributed by atoms with E-state index in [4.69, 9.17) is 5.11 Å². The van der Waals surface area contributed by atoms with Gasteiger partial charge in [0, 0.05) is 18.4 Å². The first-order valence-corrected chi connectivity index (χ1v) is 3.70. The van der Waals surface area contributed by atoms with Gasteiger partial charge in [-0.15, -0.1) is 0 Å². The minimum atomic E-state index is 0.106. The summed E-state index contributed by atoms with van der Waals surface area (Å²) in [7, 11) is 0. The average molecular weight is 140 g/mol. The molecule has 56 valence electrons. The summed E-state index contributed by atoms with van der Waals surface area (Å²) in [5, 5.41) is 9.15. The Hall–Kier alpha value is -0.790. The molecule has 0 aromatic rings. The predicted molar refractivity (Wildman–Crippen MR) is 38.8 cm³/mol. The second-order valence-corrected chi connectivity index (χ2v) is 2.56. The topological polar surface area (TPSA) is 37.3 Å². The fraction of sp³-hybridized carbons (Fsp3) is 0.625. The molecular formula is C8H12O2. The van der Waals surface area contributed by atoms with Crippen molar-refractivity contribution in [2.24, 2.45) is 0 Å². The monoisotopic (exact) mass is 140 g/mol. The van der Waals surface area contributed by atoms with Crippen LogP contribution in [-0.4, -0.2) is 10.9 Å². The molecule has 0 spiro atoms. The molecule has 0 heterocycles. The lowest BCUT2D eigenvalue weighted by atomic mass is 10.1. The second kappa shape index (κ2) is 2.86. The Morgan fingerprint density at radius 3 is 2.70 bits per heavy atom. The van der Waals surface area contributed by atoms with Crippen molar-refractivity contribution < 1.29 is 9.90 Å². The third kappa shape index (κ3) is 1.20. The smallest absolute Gasteiger partial charge is 0.161 e. The number of aliphatic hydroxyl groups is 1. The Morgan fingerprint density at radius 2 is 2.30 bits per heavy atom. The predicted octanol–water partition coefficient (Wildman–Crippen LogP) is 1.96. The minimum Gasteiger partial charge on any atom is -0.512 e. The van der Waals surface area contributed by atoms with Gasteiger partial charge in [-0.2, -0.15) is 0 Å². The molecule has 0 bridgehead atoms. The van der Waals surface area contributed by atoms with Crippen LogP contribution >= 0.6 is 0 Å². The third-order valence-corrected chi connectivity index (χ3v) is 1.85. The van der Waals surface area contributed by atoms with Crippen molar-refractivity contribution in [3.05, 3.63) is 11.3 Å². The van der Waals surface area contributed by atoms with Gasteiger partial charge in [-0.25, -0.2) is 0 Å². The van der Waals surface area contributed by atoms with E-state index in [0.717, 1.165) is 12.8 Å². The molecule has 0 atom stereocenters. The first-order valence-electron chi connectivity index (χ1n) is 3.70. The summed E-state index contributed by atoms with van der Waals surface area (Å²) in [6.07, 6.45) is 2.92. The van der Waals surface area contributed by atoms with Gasteiger partial charge in [-0.05, 0) is 12.8 Å². The summed E-state index contributed by atoms with van der Waals surface area (Å²) >= 11 is 0. The van der Waals surface area contributed by atoms with Crippen LogP contribution < -0.4 is 0 Å². The highest BCUT2D eigenvalue weighted by Gasteiger charge is 2.18. The van der Waals surface area contributed by atoms with Gasteiger partial charge in [-0.3, -0.25) is 4.79 Å². The largest absolute Gasteiger partial charge is 0.512 e. The molecule has 1 N–H and O–H groups in total. The number of aliphatic hydroxyl groups excluding tert-OH is 1. The molecule has 2 nitrogen and oxygen atoms in total. The van der Waals surface area contributed by atoms with Crippen molar-refractivity contribution >= 4 is 5.78 Å². The average Bonchev–Trinajstić information content (AvgIpc) is 2.34. The Kier molecular flexibility index (Phi) is 2.10. The molecule has 0 aromatic carbocycles. The van der Waals surface area contributed by atoms with Gasteiger partial charge in [0.05, 0.1) is 5.76 Å². The molecule has 1 rings (SSSR count). The van der Waals surface area contributed by atoms with Crippen molar-refractivity contribution in [2.75, 3.05) is 0 Å². The number of carbonyl (C=O) groups is 1. The van der Waals surface area contributed by atoms with Gasteiger partial charge in [0.15, 0.2) is 5.78 Å². The zero-order chi connectivity index (χ0) is 7.56. The lowest BCUT2D eigenvalue weighted by molar-refractivity contribution is -0.115. The summed E-state index contributed by atoms with van der Waals surface area (Å²) in [6.45, 7) is 1.82. The fourth-order valence-electron chi connectivity index (χ4n) is 1.24. The van der Waals surface area contributed by atoms with Gasteiger partial charge in [0.1, 0.15) is 0 Å². The van der Waals surface area contributed by atoms with Crippen LogP contribution in [0.5, 0.6) is 0 Å². The molecule has 0 saturated heterocycles. The first-order chi connectivity index (χ1) is 4.75. The van der Waals surface area contributed by atoms with Crippen LogP contribution in [-0.2, 0) is 4.79 Å². The third-order valence-electron chi connectivity index (χ3n) is 1.85. The zero-order valence-electron chi connectivity index (χ0n) is 6.18. The Labute approximate surface area is 60.6 Å². The number of ketones is 1. The number of hydrogen-bond acceptors (Lipinski definition) is 2. The van der Waals surface area contributed by atoms with Gasteiger partial charge in [0.2, 0.25) is 0 Å². The molecule has 1 aliphatic carbocycles. The summed E-state index contributed by atoms with van der Waals surface area (Å²) < 4.78 is 0. The molecule has 2 heteroatoms. The van der Waals surface area contributed by atoms with E-state index in [2.05, 4.69) is 0 Å². The van der Waals surface area contributed by atoms with E-state index < -0.39 is 0 Å². The second-order valence-electron chi connectivity index (χ2n) is 2.56. The normalized spacial score (nSPS) is 18.1. The van der Waals surface area contributed by atoms with Gasteiger partial charge >= 0.3 is 0 Å². The molecule has 10 heavy (non-hydrogen) atoms. The van der Waals surface area contributed by atoms with Crippen molar-refractivity contribution in [2.45, 2.75) is 32.6 Å². The van der Waals surface area contributed by atoms with E-state index in [0.29, 0.717) is 24.2 Å². The zero-order valence-corrected chi connectivity index (χ0v) is 6.18. The maximum absolute atomic E-state index is 11.0. The molecule has 0 radical (unpaired) electrons. The van der Waals surface area contributed by atoms with Crippen LogP contribution in [0.2, 0.25) is 0 Å². The van der Waals surface area contributed by atoms with E-state index >= 15 is 0 Å². The highest BCUT2D eigenvalue weighted by Crippen LogP contribution is 2.24. The van der Waals surface area contributed by atoms with Crippen LogP contribution in [0.1, 0.15) is 32.6 Å². The van der Waals surface area contributed by atoms with Crippen LogP contribution in [0.25, 0.3) is 0 Å². The van der Waals surface area contributed by atoms with E-state index in [1.807, 2.05) is 6.92 Å². The molecule has 0 amide bonds. The van der Waals surface area contributed by atoms with E-state index in [-0.39, 0.29) is 5.78 Å². The fourth-order valence-corrected chi connectivity index (χ4v) is 1.24. The molecule has 0 unspecified atom stereocenters. The first kappa shape index (κ1) is 7.32. The standard InChI is InChI=1S/C8H12O2/c1-2-7(9)6-4-3-5-8(6)10/h10H,2-5H2,1H3. The Morgan fingerprint density at radius 1 is 1.60 bits per heavy atom. The summed E-state index contributed by atoms with van der Waals surface area (Å²) in [6, 6.07) is 0. The van der Waals surface area contributed by atoms with Crippen molar-refractivity contribution in [1.82, 2.24) is 0 Å². The highest BCUT2D eigenvalue weighted by molar-refractivity contribution is 5.95. The number of carbonyl (C=O) groups excluding carboxylic acids is 1. The van der Waals surface area contributed by atoms with E-state index in [9.17, 15) is 4.79 Å². The summed E-state index contributed by atoms with van der Waals surface area (Å²) in [5.41, 5.74) is 0.669. The maximum atomic E-state index is 11.0. The Bertz CT molecular complexity index is 180. The molecule has 0 aromatic heterocycles. The maximum Gasteiger partial charge on any atom is 0.161 e. The van der Waals surface area contributed by atoms with Crippen LogP contribution in [0.15, 0.2) is 11.3 Å². The lowest BCUT2D eigenvalue weighted by Crippen LogP contribution is -1.99. The minimum absolute atomic E-state index is 0.106. The summed E-state index contributed by atoms with van der Waals surface area (Å²) in [4.78, 5) is 11.0. The lowest BCUT2D eigenvalue weighted by Gasteiger charge is -1.96. The van der Waals surface area contributed by atoms with Gasteiger partial charge in [0.25, 0.3) is 0 Å². The van der Waals surface area contributed by atoms with E-state index in [1.54, 1.807) is 0 Å². The molecule has 1 aliphatic rings. The molecule has 0 saturated carbocycles. The van der Waals surface area contributed by atoms with Crippen LogP contribution in [0.4, 0.5) is 0 Å². The van der Waals surface area contributed by atoms with Gasteiger partial charge < -0.3 is 5.11 Å². The number of rotatable bonds is 2. The SMILES string of the molecule is CCC(=O)C1=C(O)CCC1. The molecule has 0 fully saturated rings. The number of allylic oxidation sites excluding steroid dienone is 2. The quantitative estimate of drug-likeness (QED) is 0.636.